The van der Waals surface area contributed by atoms with E-state index in [-0.39, 0.29) is 11.6 Å². The third-order valence-electron chi connectivity index (χ3n) is 1.01. The molecular weight excluding hydrogens is 188 g/mol. The highest BCUT2D eigenvalue weighted by Crippen LogP contribution is 2.23. The van der Waals surface area contributed by atoms with Gasteiger partial charge in [-0.15, -0.1) is 0 Å². The van der Waals surface area contributed by atoms with Gasteiger partial charge in [0, 0.05) is 0 Å². The molecule has 0 aliphatic rings. The second-order valence-electron chi connectivity index (χ2n) is 4.88. The number of rotatable bonds is 2. The molecule has 3 nitrogen and oxygen atoms in total. The van der Waals surface area contributed by atoms with E-state index < -0.39 is 5.41 Å². The quantitative estimate of drug-likeness (QED) is 0.651. The van der Waals surface area contributed by atoms with Crippen LogP contribution in [-0.4, -0.2) is 11.6 Å². The minimum Gasteiger partial charge on any atom is -0.363 e. The van der Waals surface area contributed by atoms with Gasteiger partial charge in [0.15, 0.2) is 0 Å². The van der Waals surface area contributed by atoms with Gasteiger partial charge in [-0.2, -0.15) is 0 Å². The van der Waals surface area contributed by atoms with Crippen LogP contribution in [-0.2, 0) is 13.2 Å². The molecule has 0 saturated carbocycles. The van der Waals surface area contributed by atoms with Gasteiger partial charge in [0.2, 0.25) is 12.3 Å². The summed E-state index contributed by atoms with van der Waals surface area (Å²) in [6.45, 7) is 11.1. The molecule has 0 heterocycles. The first-order chi connectivity index (χ1) is 5.63. The monoisotopic (exact) mass is 206 g/mol. The van der Waals surface area contributed by atoms with Gasteiger partial charge >= 0.3 is 5.97 Å². The fourth-order valence-corrected chi connectivity index (χ4v) is 0.825. The van der Waals surface area contributed by atoms with Crippen LogP contribution in [0, 0.1) is 5.41 Å². The van der Waals surface area contributed by atoms with Crippen molar-refractivity contribution < 1.29 is 13.2 Å². The minimum atomic E-state index is -0.478. The molecular formula is C9H18O3S. The van der Waals surface area contributed by atoms with Crippen LogP contribution in [0.25, 0.3) is 0 Å². The van der Waals surface area contributed by atoms with Crippen LogP contribution in [0.15, 0.2) is 0 Å². The standard InChI is InChI=1S/C9H18O3S/c1-8(2,3)7(10)11-13-12-9(4,5)6/h1-6H3. The number of carbonyl (C=O) groups excluding carboxylic acids is 1. The van der Waals surface area contributed by atoms with Crippen LogP contribution in [0.4, 0.5) is 0 Å². The third-order valence-corrected chi connectivity index (χ3v) is 1.79. The second kappa shape index (κ2) is 4.33. The van der Waals surface area contributed by atoms with Crippen LogP contribution in [0.3, 0.4) is 0 Å². The van der Waals surface area contributed by atoms with Crippen molar-refractivity contribution in [3.8, 4) is 0 Å². The fourth-order valence-electron chi connectivity index (χ4n) is 0.275. The van der Waals surface area contributed by atoms with Crippen LogP contribution in [0.5, 0.6) is 0 Å². The lowest BCUT2D eigenvalue weighted by Gasteiger charge is -2.19. The maximum absolute atomic E-state index is 11.2. The Labute approximate surface area is 84.6 Å². The van der Waals surface area contributed by atoms with Gasteiger partial charge in [-0.05, 0) is 41.5 Å². The van der Waals surface area contributed by atoms with Gasteiger partial charge in [0.05, 0.1) is 11.0 Å². The van der Waals surface area contributed by atoms with Crippen LogP contribution < -0.4 is 0 Å². The molecule has 0 amide bonds. The first-order valence-electron chi connectivity index (χ1n) is 4.20. The van der Waals surface area contributed by atoms with Gasteiger partial charge in [-0.3, -0.25) is 8.98 Å². The molecule has 0 fully saturated rings. The molecule has 0 radical (unpaired) electrons. The van der Waals surface area contributed by atoms with E-state index in [1.165, 1.54) is 0 Å². The van der Waals surface area contributed by atoms with Crippen molar-refractivity contribution in [2.45, 2.75) is 47.1 Å². The van der Waals surface area contributed by atoms with Crippen molar-refractivity contribution in [3.63, 3.8) is 0 Å². The van der Waals surface area contributed by atoms with E-state index in [9.17, 15) is 4.79 Å². The zero-order chi connectivity index (χ0) is 10.7. The van der Waals surface area contributed by atoms with Gasteiger partial charge in [-0.1, -0.05) is 0 Å². The Morgan fingerprint density at radius 2 is 1.54 bits per heavy atom. The van der Waals surface area contributed by atoms with Crippen molar-refractivity contribution >= 4 is 18.3 Å². The van der Waals surface area contributed by atoms with E-state index in [4.69, 9.17) is 8.37 Å². The SMILES string of the molecule is CC(C)(C)OSOC(=O)C(C)(C)C. The van der Waals surface area contributed by atoms with Crippen molar-refractivity contribution in [1.29, 1.82) is 0 Å². The molecule has 0 rings (SSSR count). The summed E-state index contributed by atoms with van der Waals surface area (Å²) in [6, 6.07) is 0. The lowest BCUT2D eigenvalue weighted by Crippen LogP contribution is -2.22. The molecule has 0 bridgehead atoms. The predicted molar refractivity (Wildman–Crippen MR) is 54.0 cm³/mol. The molecule has 0 aliphatic heterocycles. The van der Waals surface area contributed by atoms with Gasteiger partial charge < -0.3 is 4.18 Å². The minimum absolute atomic E-state index is 0.276. The summed E-state index contributed by atoms with van der Waals surface area (Å²) in [7, 11) is 0. The molecule has 0 aliphatic carbocycles. The van der Waals surface area contributed by atoms with Crippen molar-refractivity contribution in [2.75, 3.05) is 0 Å². The van der Waals surface area contributed by atoms with Crippen LogP contribution in [0.2, 0.25) is 0 Å². The lowest BCUT2D eigenvalue weighted by molar-refractivity contribution is -0.142. The summed E-state index contributed by atoms with van der Waals surface area (Å²) < 4.78 is 10.0. The summed E-state index contributed by atoms with van der Waals surface area (Å²) in [5.74, 6) is -0.276. The van der Waals surface area contributed by atoms with Crippen molar-refractivity contribution in [2.24, 2.45) is 5.41 Å². The summed E-state index contributed by atoms with van der Waals surface area (Å²) in [5, 5.41) is 0. The van der Waals surface area contributed by atoms with E-state index in [0.29, 0.717) is 0 Å². The molecule has 0 atom stereocenters. The lowest BCUT2D eigenvalue weighted by atomic mass is 9.98. The molecule has 4 heteroatoms. The molecule has 0 aromatic carbocycles. The molecule has 0 N–H and O–H groups in total. The van der Waals surface area contributed by atoms with Crippen LogP contribution >= 0.6 is 12.3 Å². The number of carbonyl (C=O) groups is 1. The second-order valence-corrected chi connectivity index (χ2v) is 5.35. The Morgan fingerprint density at radius 1 is 1.08 bits per heavy atom. The molecule has 0 saturated heterocycles. The summed E-state index contributed by atoms with van der Waals surface area (Å²) in [5.41, 5.74) is -0.781. The van der Waals surface area contributed by atoms with E-state index in [0.717, 1.165) is 12.3 Å². The number of hydrogen-bond acceptors (Lipinski definition) is 4. The normalized spacial score (nSPS) is 12.8. The molecule has 0 unspecified atom stereocenters. The van der Waals surface area contributed by atoms with Gasteiger partial charge in [0.1, 0.15) is 0 Å². The summed E-state index contributed by atoms with van der Waals surface area (Å²) in [4.78, 5) is 11.2. The van der Waals surface area contributed by atoms with E-state index in [1.807, 2.05) is 20.8 Å². The summed E-state index contributed by atoms with van der Waals surface area (Å²) in [6.07, 6.45) is 0. The first-order valence-corrected chi connectivity index (χ1v) is 4.86. The molecule has 0 aromatic heterocycles. The average molecular weight is 206 g/mol. The Bertz CT molecular complexity index is 176. The maximum atomic E-state index is 11.2. The largest absolute Gasteiger partial charge is 0.363 e. The van der Waals surface area contributed by atoms with E-state index in [2.05, 4.69) is 0 Å². The number of hydrogen-bond donors (Lipinski definition) is 0. The molecule has 0 aromatic rings. The maximum Gasteiger partial charge on any atom is 0.325 e. The highest BCUT2D eigenvalue weighted by molar-refractivity contribution is 7.90. The van der Waals surface area contributed by atoms with Gasteiger partial charge in [-0.25, -0.2) is 0 Å². The van der Waals surface area contributed by atoms with Gasteiger partial charge in [0.25, 0.3) is 0 Å². The predicted octanol–water partition coefficient (Wildman–Crippen LogP) is 2.95. The van der Waals surface area contributed by atoms with Crippen molar-refractivity contribution in [3.05, 3.63) is 0 Å². The zero-order valence-electron chi connectivity index (χ0n) is 9.13. The summed E-state index contributed by atoms with van der Waals surface area (Å²) >= 11 is 0.746. The van der Waals surface area contributed by atoms with Crippen molar-refractivity contribution in [1.82, 2.24) is 0 Å². The third kappa shape index (κ3) is 6.90. The Kier molecular flexibility index (Phi) is 4.26. The molecule has 78 valence electrons. The van der Waals surface area contributed by atoms with E-state index >= 15 is 0 Å². The Morgan fingerprint density at radius 3 is 1.85 bits per heavy atom. The van der Waals surface area contributed by atoms with E-state index in [1.54, 1.807) is 20.8 Å². The Balaban J connectivity index is 3.74. The van der Waals surface area contributed by atoms with Crippen LogP contribution in [0.1, 0.15) is 41.5 Å². The fraction of sp³-hybridized carbons (Fsp3) is 0.889. The zero-order valence-corrected chi connectivity index (χ0v) is 9.95. The molecule has 13 heavy (non-hydrogen) atoms. The molecule has 0 spiro atoms. The first kappa shape index (κ1) is 12.8. The topological polar surface area (TPSA) is 35.5 Å². The highest BCUT2D eigenvalue weighted by Gasteiger charge is 2.24. The smallest absolute Gasteiger partial charge is 0.325 e. The average Bonchev–Trinajstić information content (AvgIpc) is 1.82. The highest BCUT2D eigenvalue weighted by atomic mass is 32.2. The Hall–Kier alpha value is -0.220.